The number of ether oxygens (including phenoxy) is 1. The van der Waals surface area contributed by atoms with Crippen molar-refractivity contribution in [2.75, 3.05) is 25.5 Å². The Morgan fingerprint density at radius 1 is 1.22 bits per heavy atom. The molecule has 2 aliphatic carbocycles. The first kappa shape index (κ1) is 22.8. The van der Waals surface area contributed by atoms with E-state index in [4.69, 9.17) is 4.74 Å². The summed E-state index contributed by atoms with van der Waals surface area (Å²) >= 11 is 1.52. The van der Waals surface area contributed by atoms with Gasteiger partial charge in [0.15, 0.2) is 5.06 Å². The zero-order valence-electron chi connectivity index (χ0n) is 19.8. The number of nitrogens with one attached hydrogen (secondary N) is 3. The average molecular weight is 510 g/mol. The molecule has 2 aromatic rings. The molecule has 188 valence electrons. The third-order valence-corrected chi connectivity index (χ3v) is 8.47. The van der Waals surface area contributed by atoms with Crippen LogP contribution in [0, 0.1) is 5.92 Å². The molecule has 2 fully saturated rings. The lowest BCUT2D eigenvalue weighted by atomic mass is 9.91. The molecule has 1 aromatic heterocycles. The summed E-state index contributed by atoms with van der Waals surface area (Å²) < 4.78 is 5.99. The van der Waals surface area contributed by atoms with Gasteiger partial charge in [-0.15, -0.1) is 11.3 Å². The van der Waals surface area contributed by atoms with E-state index >= 15 is 0 Å². The predicted octanol–water partition coefficient (Wildman–Crippen LogP) is 2.39. The lowest BCUT2D eigenvalue weighted by molar-refractivity contribution is -0.141. The summed E-state index contributed by atoms with van der Waals surface area (Å²) in [5.41, 5.74) is 1.97. The number of rotatable bonds is 4. The van der Waals surface area contributed by atoms with Gasteiger partial charge in [0.2, 0.25) is 5.91 Å². The van der Waals surface area contributed by atoms with E-state index < -0.39 is 17.5 Å². The first-order valence-electron chi connectivity index (χ1n) is 12.1. The number of nitrogens with zero attached hydrogens (tertiary/aromatic N) is 2. The molecule has 2 atom stereocenters. The third kappa shape index (κ3) is 3.69. The number of hydrogen-bond donors (Lipinski definition) is 3. The Balaban J connectivity index is 1.22. The van der Waals surface area contributed by atoms with E-state index in [1.54, 1.807) is 17.0 Å². The highest BCUT2D eigenvalue weighted by Crippen LogP contribution is 2.43. The standard InChI is InChI=1S/C25H27N5O5S/c1-26-23(33)27-17-4-5-18-15(10-17)6-8-25(18)22(32)30(24(34)28-25)12-20(31)29-11-16-7-9-36-21(16)35-13-19(29)14-2-3-14/h4-5,7,9-10,14,19H,2-3,6,8,11-13H2,1H3,(H,28,34)(H2,26,27,33)/t19-,25+/m0/s1. The van der Waals surface area contributed by atoms with Crippen LogP contribution in [0.3, 0.4) is 0 Å². The number of thiophene rings is 1. The zero-order valence-corrected chi connectivity index (χ0v) is 20.7. The minimum atomic E-state index is -1.18. The second kappa shape index (κ2) is 8.51. The lowest BCUT2D eigenvalue weighted by Crippen LogP contribution is -2.49. The topological polar surface area (TPSA) is 120 Å². The highest BCUT2D eigenvalue weighted by Gasteiger charge is 2.56. The maximum Gasteiger partial charge on any atom is 0.325 e. The van der Waals surface area contributed by atoms with Crippen LogP contribution in [0.4, 0.5) is 15.3 Å². The van der Waals surface area contributed by atoms with Gasteiger partial charge < -0.3 is 25.6 Å². The van der Waals surface area contributed by atoms with Crippen LogP contribution in [0.2, 0.25) is 0 Å². The van der Waals surface area contributed by atoms with E-state index in [9.17, 15) is 19.2 Å². The van der Waals surface area contributed by atoms with Gasteiger partial charge in [-0.25, -0.2) is 9.59 Å². The van der Waals surface area contributed by atoms with Gasteiger partial charge >= 0.3 is 12.1 Å². The van der Waals surface area contributed by atoms with E-state index in [-0.39, 0.29) is 24.5 Å². The maximum atomic E-state index is 13.7. The van der Waals surface area contributed by atoms with Crippen molar-refractivity contribution >= 4 is 40.9 Å². The second-order valence-corrected chi connectivity index (χ2v) is 10.7. The Morgan fingerprint density at radius 2 is 2.06 bits per heavy atom. The van der Waals surface area contributed by atoms with Gasteiger partial charge in [-0.1, -0.05) is 6.07 Å². The first-order valence-corrected chi connectivity index (χ1v) is 13.0. The molecular weight excluding hydrogens is 482 g/mol. The molecule has 0 radical (unpaired) electrons. The van der Waals surface area contributed by atoms with Crippen molar-refractivity contribution < 1.29 is 23.9 Å². The van der Waals surface area contributed by atoms with Gasteiger partial charge in [-0.2, -0.15) is 0 Å². The third-order valence-electron chi connectivity index (χ3n) is 7.61. The Labute approximate surface area is 212 Å². The number of aryl methyl sites for hydroxylation is 1. The average Bonchev–Trinajstić information content (AvgIpc) is 3.50. The Bertz CT molecular complexity index is 1270. The molecule has 0 unspecified atom stereocenters. The summed E-state index contributed by atoms with van der Waals surface area (Å²) in [6.07, 6.45) is 3.07. The van der Waals surface area contributed by atoms with E-state index in [0.29, 0.717) is 43.2 Å². The number of benzene rings is 1. The number of carbonyl (C=O) groups excluding carboxylic acids is 4. The minimum absolute atomic E-state index is 0.0646. The van der Waals surface area contributed by atoms with Gasteiger partial charge in [0.25, 0.3) is 5.91 Å². The molecule has 0 bridgehead atoms. The Hall–Kier alpha value is -3.60. The lowest BCUT2D eigenvalue weighted by Gasteiger charge is -2.30. The van der Waals surface area contributed by atoms with Crippen LogP contribution < -0.4 is 20.7 Å². The van der Waals surface area contributed by atoms with Crippen LogP contribution in [0.25, 0.3) is 0 Å². The van der Waals surface area contributed by atoms with Crippen molar-refractivity contribution in [3.8, 4) is 5.06 Å². The fraction of sp³-hybridized carbons (Fsp3) is 0.440. The quantitative estimate of drug-likeness (QED) is 0.547. The smallest absolute Gasteiger partial charge is 0.325 e. The van der Waals surface area contributed by atoms with E-state index in [0.717, 1.165) is 33.9 Å². The molecule has 2 aliphatic heterocycles. The Kier molecular flexibility index (Phi) is 5.40. The predicted molar refractivity (Wildman–Crippen MR) is 132 cm³/mol. The molecule has 4 aliphatic rings. The van der Waals surface area contributed by atoms with Crippen molar-refractivity contribution in [2.45, 2.75) is 43.8 Å². The first-order chi connectivity index (χ1) is 17.4. The number of fused-ring (bicyclic) bond motifs is 3. The van der Waals surface area contributed by atoms with Crippen LogP contribution in [-0.2, 0) is 28.1 Å². The Morgan fingerprint density at radius 3 is 2.83 bits per heavy atom. The fourth-order valence-electron chi connectivity index (χ4n) is 5.56. The van der Waals surface area contributed by atoms with Crippen LogP contribution in [0.15, 0.2) is 29.6 Å². The van der Waals surface area contributed by atoms with E-state index in [1.807, 2.05) is 17.5 Å². The molecule has 10 nitrogen and oxygen atoms in total. The zero-order chi connectivity index (χ0) is 25.0. The van der Waals surface area contributed by atoms with Crippen LogP contribution in [0.1, 0.15) is 36.0 Å². The molecule has 1 aromatic carbocycles. The monoisotopic (exact) mass is 509 g/mol. The van der Waals surface area contributed by atoms with Gasteiger partial charge in [-0.3, -0.25) is 14.5 Å². The summed E-state index contributed by atoms with van der Waals surface area (Å²) in [6, 6.07) is 6.30. The fourth-order valence-corrected chi connectivity index (χ4v) is 6.33. The normalized spacial score (nSPS) is 24.6. The number of urea groups is 2. The van der Waals surface area contributed by atoms with Crippen LogP contribution in [0.5, 0.6) is 5.06 Å². The highest BCUT2D eigenvalue weighted by molar-refractivity contribution is 7.12. The minimum Gasteiger partial charge on any atom is -0.482 e. The molecule has 1 saturated carbocycles. The maximum absolute atomic E-state index is 13.7. The van der Waals surface area contributed by atoms with Gasteiger partial charge in [0.05, 0.1) is 12.6 Å². The van der Waals surface area contributed by atoms with Crippen molar-refractivity contribution in [3.05, 3.63) is 46.3 Å². The second-order valence-electron chi connectivity index (χ2n) is 9.77. The van der Waals surface area contributed by atoms with Gasteiger partial charge in [-0.05, 0) is 66.3 Å². The van der Waals surface area contributed by atoms with Gasteiger partial charge in [0.1, 0.15) is 18.7 Å². The highest BCUT2D eigenvalue weighted by atomic mass is 32.1. The van der Waals surface area contributed by atoms with Crippen LogP contribution >= 0.6 is 11.3 Å². The molecule has 36 heavy (non-hydrogen) atoms. The number of hydrogen-bond acceptors (Lipinski definition) is 6. The van der Waals surface area contributed by atoms with Crippen molar-refractivity contribution in [1.82, 2.24) is 20.4 Å². The molecule has 6 rings (SSSR count). The number of anilines is 1. The molecule has 1 saturated heterocycles. The summed E-state index contributed by atoms with van der Waals surface area (Å²) in [5.74, 6) is -0.271. The van der Waals surface area contributed by atoms with E-state index in [1.165, 1.54) is 18.4 Å². The molecule has 1 spiro atoms. The summed E-state index contributed by atoms with van der Waals surface area (Å²) in [4.78, 5) is 54.7. The number of imide groups is 1. The molecule has 11 heteroatoms. The van der Waals surface area contributed by atoms with E-state index in [2.05, 4.69) is 16.0 Å². The SMILES string of the molecule is CNC(=O)Nc1ccc2c(c1)CC[C@@]21NC(=O)N(CC(=O)N2Cc3ccsc3OC[C@H]2C2CC2)C1=O. The van der Waals surface area contributed by atoms with Crippen molar-refractivity contribution in [2.24, 2.45) is 5.92 Å². The van der Waals surface area contributed by atoms with Crippen molar-refractivity contribution in [1.29, 1.82) is 0 Å². The molecule has 3 N–H and O–H groups in total. The van der Waals surface area contributed by atoms with Crippen LogP contribution in [-0.4, -0.2) is 59.9 Å². The number of carbonyl (C=O) groups is 4. The molecule has 3 heterocycles. The molecule has 6 amide bonds. The number of amides is 6. The summed E-state index contributed by atoms with van der Waals surface area (Å²) in [5, 5.41) is 10.9. The summed E-state index contributed by atoms with van der Waals surface area (Å²) in [6.45, 7) is 0.534. The van der Waals surface area contributed by atoms with Crippen molar-refractivity contribution in [3.63, 3.8) is 0 Å². The largest absolute Gasteiger partial charge is 0.482 e. The molecular formula is C25H27N5O5S. The summed E-state index contributed by atoms with van der Waals surface area (Å²) in [7, 11) is 1.53. The van der Waals surface area contributed by atoms with Gasteiger partial charge in [0, 0.05) is 18.3 Å².